The minimum Gasteiger partial charge on any atom is -0.381 e. The average molecular weight is 253 g/mol. The molecule has 102 valence electrons. The third kappa shape index (κ3) is 4.03. The van der Waals surface area contributed by atoms with Gasteiger partial charge in [-0.15, -0.1) is 5.10 Å². The number of hydrogen-bond acceptors (Lipinski definition) is 5. The molecular formula is C12H23N5O. The van der Waals surface area contributed by atoms with Crippen LogP contribution in [0.15, 0.2) is 0 Å². The lowest BCUT2D eigenvalue weighted by Gasteiger charge is -2.23. The summed E-state index contributed by atoms with van der Waals surface area (Å²) >= 11 is 0. The highest BCUT2D eigenvalue weighted by Gasteiger charge is 2.18. The standard InChI is InChI=1S/C12H23N5O/c1-12(2,3)13-7-11-14-15-16-17(11)8-10-5-4-6-18-9-10/h10,13H,4-9H2,1-3H3. The fraction of sp³-hybridized carbons (Fsp3) is 0.917. The second-order valence-corrected chi connectivity index (χ2v) is 5.96. The minimum atomic E-state index is 0.0741. The van der Waals surface area contributed by atoms with E-state index in [0.717, 1.165) is 32.0 Å². The molecule has 0 saturated carbocycles. The van der Waals surface area contributed by atoms with E-state index in [0.29, 0.717) is 12.5 Å². The van der Waals surface area contributed by atoms with Crippen molar-refractivity contribution in [2.45, 2.75) is 52.2 Å². The van der Waals surface area contributed by atoms with Crippen LogP contribution in [0, 0.1) is 5.92 Å². The van der Waals surface area contributed by atoms with Crippen molar-refractivity contribution < 1.29 is 4.74 Å². The first-order chi connectivity index (χ1) is 8.54. The van der Waals surface area contributed by atoms with Crippen molar-refractivity contribution in [3.63, 3.8) is 0 Å². The van der Waals surface area contributed by atoms with Crippen molar-refractivity contribution >= 4 is 0 Å². The second kappa shape index (κ2) is 5.75. The molecule has 0 aromatic carbocycles. The lowest BCUT2D eigenvalue weighted by molar-refractivity contribution is 0.0463. The summed E-state index contributed by atoms with van der Waals surface area (Å²) < 4.78 is 7.39. The Bertz CT molecular complexity index is 365. The molecule has 2 rings (SSSR count). The molecule has 1 N–H and O–H groups in total. The fourth-order valence-electron chi connectivity index (χ4n) is 2.03. The van der Waals surface area contributed by atoms with Gasteiger partial charge in [-0.3, -0.25) is 0 Å². The Balaban J connectivity index is 1.90. The van der Waals surface area contributed by atoms with Crippen molar-refractivity contribution in [2.75, 3.05) is 13.2 Å². The van der Waals surface area contributed by atoms with E-state index in [2.05, 4.69) is 41.6 Å². The molecule has 1 aliphatic heterocycles. The van der Waals surface area contributed by atoms with Crippen LogP contribution in [-0.2, 0) is 17.8 Å². The molecule has 18 heavy (non-hydrogen) atoms. The first-order valence-corrected chi connectivity index (χ1v) is 6.62. The van der Waals surface area contributed by atoms with Gasteiger partial charge < -0.3 is 10.1 Å². The smallest absolute Gasteiger partial charge is 0.165 e. The number of hydrogen-bond donors (Lipinski definition) is 1. The Morgan fingerprint density at radius 1 is 1.44 bits per heavy atom. The maximum Gasteiger partial charge on any atom is 0.165 e. The molecule has 1 unspecified atom stereocenters. The van der Waals surface area contributed by atoms with Gasteiger partial charge in [-0.05, 0) is 44.0 Å². The molecule has 1 aliphatic rings. The molecule has 6 heteroatoms. The highest BCUT2D eigenvalue weighted by Crippen LogP contribution is 2.15. The third-order valence-electron chi connectivity index (χ3n) is 3.07. The zero-order valence-electron chi connectivity index (χ0n) is 11.5. The van der Waals surface area contributed by atoms with E-state index in [-0.39, 0.29) is 5.54 Å². The molecule has 0 aliphatic carbocycles. The van der Waals surface area contributed by atoms with Gasteiger partial charge in [-0.1, -0.05) is 0 Å². The molecule has 6 nitrogen and oxygen atoms in total. The second-order valence-electron chi connectivity index (χ2n) is 5.96. The zero-order chi connectivity index (χ0) is 13.0. The summed E-state index contributed by atoms with van der Waals surface area (Å²) in [5.74, 6) is 1.44. The van der Waals surface area contributed by atoms with Gasteiger partial charge in [0.25, 0.3) is 0 Å². The van der Waals surface area contributed by atoms with Crippen LogP contribution in [0.1, 0.15) is 39.4 Å². The lowest BCUT2D eigenvalue weighted by atomic mass is 10.0. The first kappa shape index (κ1) is 13.4. The van der Waals surface area contributed by atoms with Gasteiger partial charge in [0.15, 0.2) is 5.82 Å². The summed E-state index contributed by atoms with van der Waals surface area (Å²) in [6, 6.07) is 0. The predicted molar refractivity (Wildman–Crippen MR) is 68.0 cm³/mol. The highest BCUT2D eigenvalue weighted by atomic mass is 16.5. The molecule has 2 heterocycles. The third-order valence-corrected chi connectivity index (χ3v) is 3.07. The van der Waals surface area contributed by atoms with Crippen LogP contribution in [0.5, 0.6) is 0 Å². The van der Waals surface area contributed by atoms with Gasteiger partial charge in [0.05, 0.1) is 13.2 Å². The molecule has 1 atom stereocenters. The molecule has 0 radical (unpaired) electrons. The number of nitrogens with one attached hydrogen (secondary N) is 1. The van der Waals surface area contributed by atoms with Crippen molar-refractivity contribution in [1.82, 2.24) is 25.5 Å². The number of ether oxygens (including phenoxy) is 1. The topological polar surface area (TPSA) is 64.9 Å². The number of nitrogens with zero attached hydrogens (tertiary/aromatic N) is 4. The molecule has 1 aromatic rings. The zero-order valence-corrected chi connectivity index (χ0v) is 11.5. The van der Waals surface area contributed by atoms with Gasteiger partial charge in [0.2, 0.25) is 0 Å². The Morgan fingerprint density at radius 3 is 2.94 bits per heavy atom. The van der Waals surface area contributed by atoms with Crippen LogP contribution >= 0.6 is 0 Å². The van der Waals surface area contributed by atoms with E-state index in [1.807, 2.05) is 4.68 Å². The maximum atomic E-state index is 5.49. The summed E-state index contributed by atoms with van der Waals surface area (Å²) in [6.07, 6.45) is 2.34. The van der Waals surface area contributed by atoms with Gasteiger partial charge in [0, 0.05) is 24.6 Å². The van der Waals surface area contributed by atoms with Crippen molar-refractivity contribution in [1.29, 1.82) is 0 Å². The van der Waals surface area contributed by atoms with Gasteiger partial charge in [-0.2, -0.15) is 0 Å². The molecule has 1 fully saturated rings. The number of tetrazole rings is 1. The van der Waals surface area contributed by atoms with Crippen LogP contribution in [0.3, 0.4) is 0 Å². The Kier molecular flexibility index (Phi) is 4.29. The summed E-state index contributed by atoms with van der Waals surface area (Å²) in [4.78, 5) is 0. The van der Waals surface area contributed by atoms with E-state index in [9.17, 15) is 0 Å². The predicted octanol–water partition coefficient (Wildman–Crippen LogP) is 0.988. The van der Waals surface area contributed by atoms with Gasteiger partial charge >= 0.3 is 0 Å². The van der Waals surface area contributed by atoms with Crippen LogP contribution in [0.2, 0.25) is 0 Å². The summed E-state index contributed by atoms with van der Waals surface area (Å²) in [5, 5.41) is 15.3. The van der Waals surface area contributed by atoms with E-state index < -0.39 is 0 Å². The van der Waals surface area contributed by atoms with Crippen molar-refractivity contribution in [2.24, 2.45) is 5.92 Å². The minimum absolute atomic E-state index is 0.0741. The van der Waals surface area contributed by atoms with E-state index >= 15 is 0 Å². The molecule has 0 amide bonds. The normalized spacial score (nSPS) is 21.2. The summed E-state index contributed by atoms with van der Waals surface area (Å²) in [5.41, 5.74) is 0.0741. The maximum absolute atomic E-state index is 5.49. The summed E-state index contributed by atoms with van der Waals surface area (Å²) in [7, 11) is 0. The van der Waals surface area contributed by atoms with Gasteiger partial charge in [0.1, 0.15) is 0 Å². The fourth-order valence-corrected chi connectivity index (χ4v) is 2.03. The Labute approximate surface area is 108 Å². The molecule has 1 aromatic heterocycles. The number of aromatic nitrogens is 4. The Hall–Kier alpha value is -1.01. The monoisotopic (exact) mass is 253 g/mol. The SMILES string of the molecule is CC(C)(C)NCc1nnnn1CC1CCCOC1. The van der Waals surface area contributed by atoms with E-state index in [1.165, 1.54) is 6.42 Å². The van der Waals surface area contributed by atoms with Crippen LogP contribution in [-0.4, -0.2) is 39.0 Å². The molecule has 0 bridgehead atoms. The molecule has 0 spiro atoms. The Morgan fingerprint density at radius 2 is 2.28 bits per heavy atom. The molecule has 1 saturated heterocycles. The number of rotatable bonds is 4. The van der Waals surface area contributed by atoms with E-state index in [4.69, 9.17) is 4.74 Å². The van der Waals surface area contributed by atoms with Gasteiger partial charge in [-0.25, -0.2) is 4.68 Å². The van der Waals surface area contributed by atoms with Crippen LogP contribution < -0.4 is 5.32 Å². The molecular weight excluding hydrogens is 230 g/mol. The quantitative estimate of drug-likeness (QED) is 0.867. The average Bonchev–Trinajstić information content (AvgIpc) is 2.74. The largest absolute Gasteiger partial charge is 0.381 e. The van der Waals surface area contributed by atoms with Crippen molar-refractivity contribution in [3.05, 3.63) is 5.82 Å². The van der Waals surface area contributed by atoms with Crippen LogP contribution in [0.4, 0.5) is 0 Å². The lowest BCUT2D eigenvalue weighted by Crippen LogP contribution is -2.36. The highest BCUT2D eigenvalue weighted by molar-refractivity contribution is 4.84. The van der Waals surface area contributed by atoms with Crippen LogP contribution in [0.25, 0.3) is 0 Å². The first-order valence-electron chi connectivity index (χ1n) is 6.62. The summed E-state index contributed by atoms with van der Waals surface area (Å²) in [6.45, 7) is 9.68. The van der Waals surface area contributed by atoms with E-state index in [1.54, 1.807) is 0 Å². The van der Waals surface area contributed by atoms with Crippen molar-refractivity contribution in [3.8, 4) is 0 Å².